The molecule has 0 spiro atoms. The zero-order chi connectivity index (χ0) is 15.2. The highest BCUT2D eigenvalue weighted by Gasteiger charge is 2.06. The number of benzene rings is 2. The minimum Gasteiger partial charge on any atom is -0.489 e. The molecule has 2 rings (SSSR count). The van der Waals surface area contributed by atoms with Crippen LogP contribution in [0.4, 0.5) is 4.39 Å². The summed E-state index contributed by atoms with van der Waals surface area (Å²) in [4.78, 5) is 0. The molecule has 0 aromatic heterocycles. The minimum absolute atomic E-state index is 0.154. The van der Waals surface area contributed by atoms with E-state index in [4.69, 9.17) is 10.00 Å². The molecule has 0 fully saturated rings. The van der Waals surface area contributed by atoms with Crippen molar-refractivity contribution < 1.29 is 9.13 Å². The summed E-state index contributed by atoms with van der Waals surface area (Å²) in [6.45, 7) is 0.864. The Bertz CT molecular complexity index is 682. The third-order valence-corrected chi connectivity index (χ3v) is 3.74. The zero-order valence-corrected chi connectivity index (χ0v) is 13.1. The molecule has 0 saturated carbocycles. The Hall–Kier alpha value is -1.90. The molecular formula is C16H14BrFN2O. The lowest BCUT2D eigenvalue weighted by Gasteiger charge is -2.10. The molecule has 0 amide bonds. The fourth-order valence-corrected chi connectivity index (χ4v) is 2.31. The average Bonchev–Trinajstić information content (AvgIpc) is 2.48. The first kappa shape index (κ1) is 15.5. The number of nitriles is 1. The monoisotopic (exact) mass is 348 g/mol. The van der Waals surface area contributed by atoms with Crippen LogP contribution in [0, 0.1) is 17.1 Å². The van der Waals surface area contributed by atoms with Crippen molar-refractivity contribution in [3.63, 3.8) is 0 Å². The van der Waals surface area contributed by atoms with Gasteiger partial charge in [-0.05, 0) is 49.0 Å². The summed E-state index contributed by atoms with van der Waals surface area (Å²) in [5.41, 5.74) is 2.02. The van der Waals surface area contributed by atoms with Gasteiger partial charge in [-0.25, -0.2) is 4.39 Å². The molecule has 2 aromatic carbocycles. The SMILES string of the molecule is CNCc1cc(OCc2cc(F)ccc2C#N)ccc1Br. The predicted octanol–water partition coefficient (Wildman–Crippen LogP) is 3.76. The Morgan fingerprint density at radius 1 is 1.24 bits per heavy atom. The van der Waals surface area contributed by atoms with Crippen molar-refractivity contribution >= 4 is 15.9 Å². The van der Waals surface area contributed by atoms with E-state index in [0.717, 1.165) is 10.0 Å². The average molecular weight is 349 g/mol. The number of nitrogens with zero attached hydrogens (tertiary/aromatic N) is 1. The van der Waals surface area contributed by atoms with Gasteiger partial charge in [0.05, 0.1) is 11.6 Å². The van der Waals surface area contributed by atoms with Crippen molar-refractivity contribution in [2.24, 2.45) is 0 Å². The maximum absolute atomic E-state index is 13.2. The maximum atomic E-state index is 13.2. The first-order chi connectivity index (χ1) is 10.1. The summed E-state index contributed by atoms with van der Waals surface area (Å²) >= 11 is 3.47. The van der Waals surface area contributed by atoms with Gasteiger partial charge in [0.1, 0.15) is 18.2 Å². The Kier molecular flexibility index (Phi) is 5.32. The van der Waals surface area contributed by atoms with Crippen molar-refractivity contribution in [2.45, 2.75) is 13.2 Å². The number of ether oxygens (including phenoxy) is 1. The van der Waals surface area contributed by atoms with E-state index in [-0.39, 0.29) is 12.4 Å². The smallest absolute Gasteiger partial charge is 0.123 e. The van der Waals surface area contributed by atoms with Gasteiger partial charge in [0.2, 0.25) is 0 Å². The minimum atomic E-state index is -0.376. The number of nitrogens with one attached hydrogen (secondary N) is 1. The summed E-state index contributed by atoms with van der Waals surface area (Å²) in [6.07, 6.45) is 0. The lowest BCUT2D eigenvalue weighted by Crippen LogP contribution is -2.06. The predicted molar refractivity (Wildman–Crippen MR) is 82.4 cm³/mol. The summed E-state index contributed by atoms with van der Waals surface area (Å²) in [7, 11) is 1.87. The highest BCUT2D eigenvalue weighted by molar-refractivity contribution is 9.10. The second-order valence-electron chi connectivity index (χ2n) is 4.49. The van der Waals surface area contributed by atoms with Crippen LogP contribution in [0.15, 0.2) is 40.9 Å². The van der Waals surface area contributed by atoms with Crippen LogP contribution in [0.5, 0.6) is 5.75 Å². The van der Waals surface area contributed by atoms with Gasteiger partial charge in [-0.1, -0.05) is 15.9 Å². The van der Waals surface area contributed by atoms with Crippen LogP contribution in [0.3, 0.4) is 0 Å². The standard InChI is InChI=1S/C16H14BrFN2O/c1-20-9-12-7-15(4-5-16(12)17)21-10-13-6-14(18)3-2-11(13)8-19/h2-7,20H,9-10H2,1H3. The molecule has 0 aliphatic heterocycles. The van der Waals surface area contributed by atoms with Crippen LogP contribution < -0.4 is 10.1 Å². The van der Waals surface area contributed by atoms with Crippen molar-refractivity contribution in [1.82, 2.24) is 5.32 Å². The molecule has 0 saturated heterocycles. The first-order valence-corrected chi connectivity index (χ1v) is 7.17. The van der Waals surface area contributed by atoms with Gasteiger partial charge in [-0.15, -0.1) is 0 Å². The molecule has 5 heteroatoms. The van der Waals surface area contributed by atoms with E-state index in [9.17, 15) is 4.39 Å². The molecule has 0 heterocycles. The van der Waals surface area contributed by atoms with E-state index in [1.807, 2.05) is 31.3 Å². The molecule has 0 radical (unpaired) electrons. The van der Waals surface area contributed by atoms with Crippen LogP contribution >= 0.6 is 15.9 Å². The topological polar surface area (TPSA) is 45.0 Å². The van der Waals surface area contributed by atoms with Crippen molar-refractivity contribution in [3.05, 3.63) is 63.4 Å². The summed E-state index contributed by atoms with van der Waals surface area (Å²) in [5.74, 6) is 0.302. The van der Waals surface area contributed by atoms with E-state index in [1.54, 1.807) is 0 Å². The summed E-state index contributed by atoms with van der Waals surface area (Å²) in [6, 6.07) is 11.7. The van der Waals surface area contributed by atoms with Gasteiger partial charge in [0.15, 0.2) is 0 Å². The molecule has 1 N–H and O–H groups in total. The van der Waals surface area contributed by atoms with E-state index in [0.29, 0.717) is 23.4 Å². The summed E-state index contributed by atoms with van der Waals surface area (Å²) < 4.78 is 19.9. The fraction of sp³-hybridized carbons (Fsp3) is 0.188. The zero-order valence-electron chi connectivity index (χ0n) is 11.5. The van der Waals surface area contributed by atoms with Crippen molar-refractivity contribution in [2.75, 3.05) is 7.05 Å². The molecule has 108 valence electrons. The normalized spacial score (nSPS) is 10.2. The van der Waals surface area contributed by atoms with Crippen LogP contribution in [0.25, 0.3) is 0 Å². The Morgan fingerprint density at radius 2 is 2.05 bits per heavy atom. The highest BCUT2D eigenvalue weighted by Crippen LogP contribution is 2.23. The molecule has 3 nitrogen and oxygen atoms in total. The fourth-order valence-electron chi connectivity index (χ4n) is 1.92. The van der Waals surface area contributed by atoms with E-state index in [2.05, 4.69) is 21.2 Å². The van der Waals surface area contributed by atoms with Gasteiger partial charge in [-0.3, -0.25) is 0 Å². The Labute approximate surface area is 131 Å². The number of halogens is 2. The second kappa shape index (κ2) is 7.21. The molecular weight excluding hydrogens is 335 g/mol. The van der Waals surface area contributed by atoms with Crippen LogP contribution in [-0.2, 0) is 13.2 Å². The Morgan fingerprint density at radius 3 is 2.76 bits per heavy atom. The largest absolute Gasteiger partial charge is 0.489 e. The van der Waals surface area contributed by atoms with Gasteiger partial charge in [0.25, 0.3) is 0 Å². The molecule has 21 heavy (non-hydrogen) atoms. The molecule has 0 aliphatic rings. The van der Waals surface area contributed by atoms with E-state index < -0.39 is 0 Å². The number of hydrogen-bond acceptors (Lipinski definition) is 3. The summed E-state index contributed by atoms with van der Waals surface area (Å²) in [5, 5.41) is 12.1. The molecule has 0 atom stereocenters. The number of hydrogen-bond donors (Lipinski definition) is 1. The van der Waals surface area contributed by atoms with Gasteiger partial charge in [-0.2, -0.15) is 5.26 Å². The van der Waals surface area contributed by atoms with Gasteiger partial charge < -0.3 is 10.1 Å². The maximum Gasteiger partial charge on any atom is 0.123 e. The van der Waals surface area contributed by atoms with Crippen LogP contribution in [0.2, 0.25) is 0 Å². The van der Waals surface area contributed by atoms with Crippen LogP contribution in [0.1, 0.15) is 16.7 Å². The third-order valence-electron chi connectivity index (χ3n) is 2.97. The lowest BCUT2D eigenvalue weighted by molar-refractivity contribution is 0.305. The Balaban J connectivity index is 2.15. The van der Waals surface area contributed by atoms with E-state index >= 15 is 0 Å². The van der Waals surface area contributed by atoms with Gasteiger partial charge in [0, 0.05) is 16.6 Å². The second-order valence-corrected chi connectivity index (χ2v) is 5.34. The van der Waals surface area contributed by atoms with Crippen molar-refractivity contribution in [3.8, 4) is 11.8 Å². The molecule has 0 bridgehead atoms. The number of rotatable bonds is 5. The molecule has 0 unspecified atom stereocenters. The van der Waals surface area contributed by atoms with Gasteiger partial charge >= 0.3 is 0 Å². The molecule has 2 aromatic rings. The third kappa shape index (κ3) is 4.03. The first-order valence-electron chi connectivity index (χ1n) is 6.38. The lowest BCUT2D eigenvalue weighted by atomic mass is 10.1. The van der Waals surface area contributed by atoms with E-state index in [1.165, 1.54) is 18.2 Å². The van der Waals surface area contributed by atoms with Crippen molar-refractivity contribution in [1.29, 1.82) is 5.26 Å². The quantitative estimate of drug-likeness (QED) is 0.894. The highest BCUT2D eigenvalue weighted by atomic mass is 79.9. The van der Waals surface area contributed by atoms with Crippen LogP contribution in [-0.4, -0.2) is 7.05 Å². The molecule has 0 aliphatic carbocycles.